The maximum absolute atomic E-state index is 12.1. The molecule has 0 aliphatic rings. The highest BCUT2D eigenvalue weighted by atomic mass is 32.1. The van der Waals surface area contributed by atoms with Crippen LogP contribution in [0.4, 0.5) is 5.00 Å². The largest absolute Gasteiger partial charge is 0.477 e. The monoisotopic (exact) mass is 351 g/mol. The van der Waals surface area contributed by atoms with Gasteiger partial charge in [0.1, 0.15) is 10.7 Å². The van der Waals surface area contributed by atoms with E-state index in [-0.39, 0.29) is 24.6 Å². The van der Waals surface area contributed by atoms with Gasteiger partial charge in [0, 0.05) is 17.5 Å². The second-order valence-corrected chi connectivity index (χ2v) is 5.98. The van der Waals surface area contributed by atoms with Gasteiger partial charge in [-0.1, -0.05) is 6.92 Å². The lowest BCUT2D eigenvalue weighted by molar-refractivity contribution is -0.116. The van der Waals surface area contributed by atoms with Crippen molar-refractivity contribution in [3.05, 3.63) is 34.5 Å². The summed E-state index contributed by atoms with van der Waals surface area (Å²) in [5.41, 5.74) is 0.334. The summed E-state index contributed by atoms with van der Waals surface area (Å²) >= 11 is 1.31. The summed E-state index contributed by atoms with van der Waals surface area (Å²) in [6, 6.07) is 3.06. The summed E-state index contributed by atoms with van der Waals surface area (Å²) in [5.74, 6) is -1.95. The van der Waals surface area contributed by atoms with Crippen LogP contribution in [0.15, 0.2) is 18.3 Å². The van der Waals surface area contributed by atoms with E-state index in [1.165, 1.54) is 35.4 Å². The number of amides is 1. The summed E-state index contributed by atoms with van der Waals surface area (Å²) in [5, 5.41) is 16.0. The van der Waals surface area contributed by atoms with E-state index in [4.69, 9.17) is 9.84 Å². The highest BCUT2D eigenvalue weighted by molar-refractivity contribution is 7.16. The number of nitrogens with one attached hydrogen (secondary N) is 1. The standard InChI is InChI=1S/C15H17N3O5S/c1-3-9-8-10(15(22)23-2)13(24-9)17-12(19)5-7-18-11(14(20)21)4-6-16-18/h4,6,8H,3,5,7H2,1-2H3,(H,17,19)(H,20,21). The molecule has 0 saturated heterocycles. The van der Waals surface area contributed by atoms with Crippen molar-refractivity contribution in [1.82, 2.24) is 9.78 Å². The van der Waals surface area contributed by atoms with Crippen molar-refractivity contribution < 1.29 is 24.2 Å². The van der Waals surface area contributed by atoms with Crippen LogP contribution in [0, 0.1) is 0 Å². The molecule has 0 saturated carbocycles. The fourth-order valence-electron chi connectivity index (χ4n) is 2.06. The smallest absolute Gasteiger partial charge is 0.354 e. The first-order valence-corrected chi connectivity index (χ1v) is 8.03. The highest BCUT2D eigenvalue weighted by Gasteiger charge is 2.18. The Morgan fingerprint density at radius 1 is 1.42 bits per heavy atom. The van der Waals surface area contributed by atoms with Crippen molar-refractivity contribution in [3.8, 4) is 0 Å². The van der Waals surface area contributed by atoms with Gasteiger partial charge in [-0.3, -0.25) is 9.48 Å². The number of methoxy groups -OCH3 is 1. The van der Waals surface area contributed by atoms with Crippen molar-refractivity contribution in [1.29, 1.82) is 0 Å². The van der Waals surface area contributed by atoms with Gasteiger partial charge in [0.2, 0.25) is 5.91 Å². The average Bonchev–Trinajstić information content (AvgIpc) is 3.18. The van der Waals surface area contributed by atoms with Crippen LogP contribution in [-0.2, 0) is 22.5 Å². The Bertz CT molecular complexity index is 765. The second kappa shape index (κ2) is 7.73. The van der Waals surface area contributed by atoms with Gasteiger partial charge < -0.3 is 15.2 Å². The topological polar surface area (TPSA) is 111 Å². The van der Waals surface area contributed by atoms with E-state index < -0.39 is 11.9 Å². The normalized spacial score (nSPS) is 10.4. The number of hydrogen-bond acceptors (Lipinski definition) is 6. The van der Waals surface area contributed by atoms with Crippen LogP contribution in [-0.4, -0.2) is 39.8 Å². The first-order chi connectivity index (χ1) is 11.5. The molecule has 0 bridgehead atoms. The zero-order chi connectivity index (χ0) is 17.7. The molecule has 0 radical (unpaired) electrons. The summed E-state index contributed by atoms with van der Waals surface area (Å²) in [6.07, 6.45) is 2.13. The number of hydrogen-bond donors (Lipinski definition) is 2. The van der Waals surface area contributed by atoms with Gasteiger partial charge >= 0.3 is 11.9 Å². The molecule has 2 heterocycles. The Labute approximate surface area is 142 Å². The fraction of sp³-hybridized carbons (Fsp3) is 0.333. The number of carbonyl (C=O) groups excluding carboxylic acids is 2. The number of thiophene rings is 1. The van der Waals surface area contributed by atoms with Gasteiger partial charge in [-0.15, -0.1) is 11.3 Å². The number of nitrogens with zero attached hydrogens (tertiary/aromatic N) is 2. The molecule has 0 aliphatic carbocycles. The van der Waals surface area contributed by atoms with Crippen LogP contribution in [0.1, 0.15) is 39.1 Å². The average molecular weight is 351 g/mol. The molecule has 0 unspecified atom stereocenters. The molecular formula is C15H17N3O5S. The predicted octanol–water partition coefficient (Wildman–Crippen LogP) is 2.02. The van der Waals surface area contributed by atoms with E-state index >= 15 is 0 Å². The number of carboxylic acid groups (broad SMARTS) is 1. The van der Waals surface area contributed by atoms with E-state index in [9.17, 15) is 14.4 Å². The number of aromatic nitrogens is 2. The fourth-order valence-corrected chi connectivity index (χ4v) is 3.06. The molecule has 2 aromatic rings. The maximum atomic E-state index is 12.1. The molecule has 0 fully saturated rings. The van der Waals surface area contributed by atoms with Crippen LogP contribution in [0.2, 0.25) is 0 Å². The molecule has 0 spiro atoms. The van der Waals surface area contributed by atoms with Gasteiger partial charge in [-0.05, 0) is 18.6 Å². The molecule has 0 aromatic carbocycles. The third-order valence-corrected chi connectivity index (χ3v) is 4.47. The molecule has 2 rings (SSSR count). The Balaban J connectivity index is 2.04. The quantitative estimate of drug-likeness (QED) is 0.738. The molecule has 8 nitrogen and oxygen atoms in total. The number of ether oxygens (including phenoxy) is 1. The minimum atomic E-state index is -1.10. The lowest BCUT2D eigenvalue weighted by atomic mass is 10.2. The summed E-state index contributed by atoms with van der Waals surface area (Å²) in [7, 11) is 1.28. The number of anilines is 1. The van der Waals surface area contributed by atoms with Crippen molar-refractivity contribution in [2.45, 2.75) is 26.3 Å². The number of carbonyl (C=O) groups is 3. The first-order valence-electron chi connectivity index (χ1n) is 7.22. The predicted molar refractivity (Wildman–Crippen MR) is 87.5 cm³/mol. The third kappa shape index (κ3) is 3.99. The van der Waals surface area contributed by atoms with E-state index in [0.29, 0.717) is 10.6 Å². The Morgan fingerprint density at radius 3 is 2.79 bits per heavy atom. The van der Waals surface area contributed by atoms with Gasteiger partial charge in [-0.25, -0.2) is 9.59 Å². The zero-order valence-electron chi connectivity index (χ0n) is 13.2. The molecule has 2 aromatic heterocycles. The Hall–Kier alpha value is -2.68. The van der Waals surface area contributed by atoms with Gasteiger partial charge in [-0.2, -0.15) is 5.10 Å². The number of carboxylic acids is 1. The van der Waals surface area contributed by atoms with Crippen LogP contribution >= 0.6 is 11.3 Å². The summed E-state index contributed by atoms with van der Waals surface area (Å²) < 4.78 is 5.96. The number of esters is 1. The molecule has 128 valence electrons. The molecular weight excluding hydrogens is 334 g/mol. The molecule has 1 amide bonds. The summed E-state index contributed by atoms with van der Waals surface area (Å²) in [4.78, 5) is 35.8. The summed E-state index contributed by atoms with van der Waals surface area (Å²) in [6.45, 7) is 2.07. The maximum Gasteiger partial charge on any atom is 0.354 e. The SMILES string of the molecule is CCc1cc(C(=O)OC)c(NC(=O)CCn2nccc2C(=O)O)s1. The lowest BCUT2D eigenvalue weighted by Crippen LogP contribution is -2.18. The van der Waals surface area contributed by atoms with E-state index in [1.54, 1.807) is 6.07 Å². The van der Waals surface area contributed by atoms with Gasteiger partial charge in [0.05, 0.1) is 19.2 Å². The van der Waals surface area contributed by atoms with Crippen LogP contribution in [0.25, 0.3) is 0 Å². The van der Waals surface area contributed by atoms with Crippen molar-refractivity contribution in [2.24, 2.45) is 0 Å². The molecule has 24 heavy (non-hydrogen) atoms. The molecule has 0 atom stereocenters. The zero-order valence-corrected chi connectivity index (χ0v) is 14.1. The van der Waals surface area contributed by atoms with E-state index in [2.05, 4.69) is 10.4 Å². The molecule has 2 N–H and O–H groups in total. The van der Waals surface area contributed by atoms with Gasteiger partial charge in [0.25, 0.3) is 0 Å². The van der Waals surface area contributed by atoms with Gasteiger partial charge in [0.15, 0.2) is 0 Å². The van der Waals surface area contributed by atoms with Crippen LogP contribution < -0.4 is 5.32 Å². The second-order valence-electron chi connectivity index (χ2n) is 4.84. The Morgan fingerprint density at radius 2 is 2.17 bits per heavy atom. The van der Waals surface area contributed by atoms with Crippen molar-refractivity contribution in [3.63, 3.8) is 0 Å². The lowest BCUT2D eigenvalue weighted by Gasteiger charge is -2.06. The number of aromatic carboxylic acids is 1. The Kier molecular flexibility index (Phi) is 5.69. The minimum absolute atomic E-state index is 0.0162. The van der Waals surface area contributed by atoms with Crippen LogP contribution in [0.3, 0.4) is 0 Å². The number of rotatable bonds is 7. The van der Waals surface area contributed by atoms with Crippen molar-refractivity contribution >= 4 is 34.2 Å². The first kappa shape index (κ1) is 17.7. The third-order valence-electron chi connectivity index (χ3n) is 3.28. The van der Waals surface area contributed by atoms with E-state index in [0.717, 1.165) is 11.3 Å². The molecule has 0 aliphatic heterocycles. The minimum Gasteiger partial charge on any atom is -0.477 e. The number of aryl methyl sites for hydroxylation is 2. The molecule has 9 heteroatoms. The highest BCUT2D eigenvalue weighted by Crippen LogP contribution is 2.29. The van der Waals surface area contributed by atoms with Crippen LogP contribution in [0.5, 0.6) is 0 Å². The van der Waals surface area contributed by atoms with Crippen molar-refractivity contribution in [2.75, 3.05) is 12.4 Å². The van der Waals surface area contributed by atoms with E-state index in [1.807, 2.05) is 6.92 Å².